The summed E-state index contributed by atoms with van der Waals surface area (Å²) in [7, 11) is -3.52. The Morgan fingerprint density at radius 2 is 1.96 bits per heavy atom. The largest absolute Gasteiger partial charge is 0.347 e. The van der Waals surface area contributed by atoms with Crippen molar-refractivity contribution in [1.29, 1.82) is 0 Å². The van der Waals surface area contributed by atoms with E-state index in [2.05, 4.69) is 4.98 Å². The molecule has 0 radical (unpaired) electrons. The lowest BCUT2D eigenvalue weighted by Gasteiger charge is -2.38. The summed E-state index contributed by atoms with van der Waals surface area (Å²) in [5, 5.41) is 0. The monoisotopic (exact) mass is 369 g/mol. The number of sulfonamides is 1. The van der Waals surface area contributed by atoms with Gasteiger partial charge >= 0.3 is 0 Å². The van der Waals surface area contributed by atoms with Gasteiger partial charge in [0.05, 0.1) is 38.3 Å². The number of pyridine rings is 1. The number of likely N-dealkylation sites (tertiary alicyclic amines) is 1. The van der Waals surface area contributed by atoms with Crippen LogP contribution in [0.25, 0.3) is 0 Å². The first-order valence-electron chi connectivity index (χ1n) is 8.29. The topological polar surface area (TPSA) is 89.0 Å². The van der Waals surface area contributed by atoms with E-state index >= 15 is 0 Å². The Hall–Kier alpha value is -1.55. The molecule has 1 spiro atoms. The Kier molecular flexibility index (Phi) is 5.38. The van der Waals surface area contributed by atoms with Crippen LogP contribution in [0.5, 0.6) is 0 Å². The number of aromatic nitrogens is 1. The molecule has 0 N–H and O–H groups in total. The quantitative estimate of drug-likeness (QED) is 0.737. The maximum absolute atomic E-state index is 12.6. The molecule has 25 heavy (non-hydrogen) atoms. The van der Waals surface area contributed by atoms with Crippen molar-refractivity contribution in [1.82, 2.24) is 14.2 Å². The standard InChI is InChI=1S/C16H23N3O5S/c1-25(21,22)19(12-14-4-2-3-7-17-14)13-15(20)18-8-5-16(6-9-18)23-10-11-24-16/h2-4,7H,5-6,8-13H2,1H3. The molecule has 0 bridgehead atoms. The molecule has 9 heteroatoms. The zero-order chi connectivity index (χ0) is 17.9. The number of carbonyl (C=O) groups is 1. The van der Waals surface area contributed by atoms with Gasteiger partial charge in [0.15, 0.2) is 5.79 Å². The van der Waals surface area contributed by atoms with Crippen LogP contribution in [-0.2, 0) is 30.8 Å². The maximum atomic E-state index is 12.6. The minimum atomic E-state index is -3.52. The van der Waals surface area contributed by atoms with Gasteiger partial charge in [-0.2, -0.15) is 4.31 Å². The first-order chi connectivity index (χ1) is 11.9. The first kappa shape index (κ1) is 18.2. The van der Waals surface area contributed by atoms with E-state index in [0.717, 1.165) is 10.6 Å². The highest BCUT2D eigenvalue weighted by Crippen LogP contribution is 2.31. The summed E-state index contributed by atoms with van der Waals surface area (Å²) >= 11 is 0. The second-order valence-corrected chi connectivity index (χ2v) is 8.32. The van der Waals surface area contributed by atoms with Crippen LogP contribution in [0.15, 0.2) is 24.4 Å². The van der Waals surface area contributed by atoms with E-state index in [1.165, 1.54) is 0 Å². The number of hydrogen-bond donors (Lipinski definition) is 0. The van der Waals surface area contributed by atoms with Crippen LogP contribution in [0, 0.1) is 0 Å². The fourth-order valence-electron chi connectivity index (χ4n) is 3.10. The summed E-state index contributed by atoms with van der Waals surface area (Å²) in [5.74, 6) is -0.768. The summed E-state index contributed by atoms with van der Waals surface area (Å²) < 4.78 is 36.5. The average Bonchev–Trinajstić information content (AvgIpc) is 3.03. The van der Waals surface area contributed by atoms with Crippen LogP contribution in [0.4, 0.5) is 0 Å². The molecule has 0 aromatic carbocycles. The Morgan fingerprint density at radius 1 is 1.28 bits per heavy atom. The predicted molar refractivity (Wildman–Crippen MR) is 89.9 cm³/mol. The van der Waals surface area contributed by atoms with Crippen molar-refractivity contribution in [3.05, 3.63) is 30.1 Å². The number of rotatable bonds is 5. The summed E-state index contributed by atoms with van der Waals surface area (Å²) in [6.45, 7) is 2.05. The lowest BCUT2D eigenvalue weighted by atomic mass is 10.0. The number of amides is 1. The highest BCUT2D eigenvalue weighted by atomic mass is 32.2. The molecule has 1 aromatic heterocycles. The third-order valence-corrected chi connectivity index (χ3v) is 5.73. The van der Waals surface area contributed by atoms with E-state index in [0.29, 0.717) is 44.8 Å². The Morgan fingerprint density at radius 3 is 2.52 bits per heavy atom. The van der Waals surface area contributed by atoms with Gasteiger partial charge < -0.3 is 14.4 Å². The van der Waals surface area contributed by atoms with Crippen LogP contribution >= 0.6 is 0 Å². The van der Waals surface area contributed by atoms with Gasteiger partial charge in [-0.1, -0.05) is 6.07 Å². The molecule has 0 unspecified atom stereocenters. The van der Waals surface area contributed by atoms with Gasteiger partial charge in [0.2, 0.25) is 15.9 Å². The highest BCUT2D eigenvalue weighted by Gasteiger charge is 2.41. The molecule has 2 saturated heterocycles. The van der Waals surface area contributed by atoms with Crippen LogP contribution in [0.2, 0.25) is 0 Å². The minimum absolute atomic E-state index is 0.0788. The average molecular weight is 369 g/mol. The van der Waals surface area contributed by atoms with Crippen LogP contribution in [-0.4, -0.2) is 73.4 Å². The normalized spacial score (nSPS) is 20.3. The molecule has 2 aliphatic heterocycles. The zero-order valence-electron chi connectivity index (χ0n) is 14.3. The fraction of sp³-hybridized carbons (Fsp3) is 0.625. The molecule has 3 rings (SSSR count). The van der Waals surface area contributed by atoms with Gasteiger partial charge in [0.1, 0.15) is 0 Å². The Balaban J connectivity index is 1.61. The Labute approximate surface area is 147 Å². The molecular weight excluding hydrogens is 346 g/mol. The van der Waals surface area contributed by atoms with Crippen molar-refractivity contribution in [2.75, 3.05) is 39.1 Å². The van der Waals surface area contributed by atoms with Crippen molar-refractivity contribution < 1.29 is 22.7 Å². The van der Waals surface area contributed by atoms with Crippen molar-refractivity contribution in [3.8, 4) is 0 Å². The summed E-state index contributed by atoms with van der Waals surface area (Å²) in [5.41, 5.74) is 0.603. The van der Waals surface area contributed by atoms with Gasteiger partial charge in [0.25, 0.3) is 0 Å². The number of ether oxygens (including phenoxy) is 2. The van der Waals surface area contributed by atoms with Gasteiger partial charge in [-0.3, -0.25) is 9.78 Å². The third kappa shape index (κ3) is 4.55. The second-order valence-electron chi connectivity index (χ2n) is 6.34. The molecule has 0 atom stereocenters. The van der Waals surface area contributed by atoms with Crippen molar-refractivity contribution in [2.45, 2.75) is 25.2 Å². The zero-order valence-corrected chi connectivity index (χ0v) is 15.1. The third-order valence-electron chi connectivity index (χ3n) is 4.54. The molecule has 0 saturated carbocycles. The van der Waals surface area contributed by atoms with Gasteiger partial charge in [-0.15, -0.1) is 0 Å². The number of piperidine rings is 1. The highest BCUT2D eigenvalue weighted by molar-refractivity contribution is 7.88. The molecule has 1 amide bonds. The minimum Gasteiger partial charge on any atom is -0.347 e. The van der Waals surface area contributed by atoms with Crippen molar-refractivity contribution >= 4 is 15.9 Å². The number of nitrogens with zero attached hydrogens (tertiary/aromatic N) is 3. The van der Waals surface area contributed by atoms with Gasteiger partial charge in [0, 0.05) is 32.1 Å². The van der Waals surface area contributed by atoms with E-state index in [1.807, 2.05) is 0 Å². The molecule has 3 heterocycles. The summed E-state index contributed by atoms with van der Waals surface area (Å²) in [6, 6.07) is 5.29. The molecule has 1 aromatic rings. The van der Waals surface area contributed by atoms with E-state index in [4.69, 9.17) is 9.47 Å². The van der Waals surface area contributed by atoms with E-state index in [-0.39, 0.29) is 19.0 Å². The fourth-order valence-corrected chi connectivity index (χ4v) is 3.81. The summed E-state index contributed by atoms with van der Waals surface area (Å²) in [4.78, 5) is 18.4. The molecule has 2 aliphatic rings. The molecule has 2 fully saturated rings. The molecule has 138 valence electrons. The summed E-state index contributed by atoms with van der Waals surface area (Å²) in [6.07, 6.45) is 3.92. The SMILES string of the molecule is CS(=O)(=O)N(CC(=O)N1CCC2(CC1)OCCO2)Cc1ccccn1. The smallest absolute Gasteiger partial charge is 0.237 e. The van der Waals surface area contributed by atoms with E-state index in [1.54, 1.807) is 29.3 Å². The van der Waals surface area contributed by atoms with Crippen molar-refractivity contribution in [2.24, 2.45) is 0 Å². The maximum Gasteiger partial charge on any atom is 0.237 e. The van der Waals surface area contributed by atoms with Crippen LogP contribution in [0.1, 0.15) is 18.5 Å². The van der Waals surface area contributed by atoms with E-state index in [9.17, 15) is 13.2 Å². The number of hydrogen-bond acceptors (Lipinski definition) is 6. The van der Waals surface area contributed by atoms with Crippen LogP contribution < -0.4 is 0 Å². The first-order valence-corrected chi connectivity index (χ1v) is 10.1. The lowest BCUT2D eigenvalue weighted by molar-refractivity contribution is -0.187. The molecule has 0 aliphatic carbocycles. The molecule has 8 nitrogen and oxygen atoms in total. The lowest BCUT2D eigenvalue weighted by Crippen LogP contribution is -2.50. The Bertz CT molecular complexity index is 694. The molecular formula is C16H23N3O5S. The van der Waals surface area contributed by atoms with Gasteiger partial charge in [-0.05, 0) is 12.1 Å². The van der Waals surface area contributed by atoms with Crippen molar-refractivity contribution in [3.63, 3.8) is 0 Å². The second kappa shape index (κ2) is 7.36. The van der Waals surface area contributed by atoms with Gasteiger partial charge in [-0.25, -0.2) is 8.42 Å². The van der Waals surface area contributed by atoms with Crippen LogP contribution in [0.3, 0.4) is 0 Å². The van der Waals surface area contributed by atoms with E-state index < -0.39 is 15.8 Å². The predicted octanol–water partition coefficient (Wildman–Crippen LogP) is 0.209. The number of carbonyl (C=O) groups excluding carboxylic acids is 1.